The van der Waals surface area contributed by atoms with Gasteiger partial charge in [0.2, 0.25) is 0 Å². The van der Waals surface area contributed by atoms with E-state index in [1.54, 1.807) is 43.4 Å². The molecule has 0 bridgehead atoms. The number of ether oxygens (including phenoxy) is 1. The van der Waals surface area contributed by atoms with Crippen LogP contribution in [0.1, 0.15) is 6.92 Å². The zero-order chi connectivity index (χ0) is 18.4. The van der Waals surface area contributed by atoms with Crippen LogP contribution >= 0.6 is 0 Å². The summed E-state index contributed by atoms with van der Waals surface area (Å²) < 4.78 is 5.32. The number of esters is 1. The van der Waals surface area contributed by atoms with E-state index in [0.717, 1.165) is 0 Å². The van der Waals surface area contributed by atoms with E-state index in [4.69, 9.17) is 16.2 Å². The summed E-state index contributed by atoms with van der Waals surface area (Å²) in [5.74, 6) is -0.00229. The van der Waals surface area contributed by atoms with Crippen molar-refractivity contribution in [2.75, 3.05) is 18.5 Å². The smallest absolute Gasteiger partial charge is 0.331 e. The number of para-hydroxylation sites is 1. The summed E-state index contributed by atoms with van der Waals surface area (Å²) in [5.41, 5.74) is 11.9. The van der Waals surface area contributed by atoms with E-state index < -0.39 is 18.1 Å². The molecule has 2 atom stereocenters. The zero-order valence-corrected chi connectivity index (χ0v) is 13.9. The Hall–Kier alpha value is -3.04. The summed E-state index contributed by atoms with van der Waals surface area (Å²) >= 11 is 0. The summed E-state index contributed by atoms with van der Waals surface area (Å²) in [6, 6.07) is 8.90. The van der Waals surface area contributed by atoms with Crippen LogP contribution in [-0.4, -0.2) is 35.3 Å². The predicted octanol–water partition coefficient (Wildman–Crippen LogP) is 1.54. The molecule has 0 saturated heterocycles. The van der Waals surface area contributed by atoms with Crippen molar-refractivity contribution in [2.45, 2.75) is 19.1 Å². The number of aromatic nitrogens is 1. The molecule has 9 heteroatoms. The van der Waals surface area contributed by atoms with E-state index in [9.17, 15) is 9.90 Å². The topological polar surface area (TPSA) is 148 Å². The van der Waals surface area contributed by atoms with Crippen molar-refractivity contribution >= 4 is 29.0 Å². The van der Waals surface area contributed by atoms with Crippen molar-refractivity contribution in [1.82, 2.24) is 10.3 Å². The molecule has 25 heavy (non-hydrogen) atoms. The Morgan fingerprint density at radius 3 is 2.52 bits per heavy atom. The number of pyridine rings is 1. The fourth-order valence-electron chi connectivity index (χ4n) is 2.03. The Morgan fingerprint density at radius 1 is 1.20 bits per heavy atom. The summed E-state index contributed by atoms with van der Waals surface area (Å²) in [7, 11) is 1.56. The minimum Gasteiger partial charge on any atom is -0.423 e. The lowest BCUT2D eigenvalue weighted by Gasteiger charge is -2.17. The molecule has 6 N–H and O–H groups in total. The Kier molecular flexibility index (Phi) is 5.98. The quantitative estimate of drug-likeness (QED) is 0.353. The van der Waals surface area contributed by atoms with Gasteiger partial charge >= 0.3 is 5.97 Å². The zero-order valence-electron chi connectivity index (χ0n) is 13.9. The first kappa shape index (κ1) is 18.3. The van der Waals surface area contributed by atoms with Crippen LogP contribution in [0.4, 0.5) is 23.0 Å². The SMILES string of the molecule is CN[C@@H](C(=O)Oc1ccccc1N=Nc1ccc(N)nc1N)[C@H](C)O. The third kappa shape index (κ3) is 4.72. The maximum Gasteiger partial charge on any atom is 0.331 e. The standard InChI is InChI=1S/C16H20N6O3/c1-9(23)14(19-2)16(24)25-12-6-4-3-5-10(12)21-22-11-7-8-13(17)20-15(11)18/h3-9,14,19,23H,1-2H3,(H4,17,18,20)/t9-,14+/m0/s1. The van der Waals surface area contributed by atoms with Crippen molar-refractivity contribution in [3.63, 3.8) is 0 Å². The highest BCUT2D eigenvalue weighted by molar-refractivity contribution is 5.80. The first-order valence-electron chi connectivity index (χ1n) is 7.52. The number of rotatable bonds is 6. The number of hydrogen-bond donors (Lipinski definition) is 4. The van der Waals surface area contributed by atoms with Crippen molar-refractivity contribution in [2.24, 2.45) is 10.2 Å². The van der Waals surface area contributed by atoms with Gasteiger partial charge in [0.1, 0.15) is 23.2 Å². The van der Waals surface area contributed by atoms with E-state index >= 15 is 0 Å². The van der Waals surface area contributed by atoms with Crippen LogP contribution < -0.4 is 21.5 Å². The monoisotopic (exact) mass is 344 g/mol. The number of nitrogen functional groups attached to an aromatic ring is 2. The molecule has 0 aliphatic rings. The fourth-order valence-corrected chi connectivity index (χ4v) is 2.03. The molecular weight excluding hydrogens is 324 g/mol. The molecule has 1 aromatic heterocycles. The molecule has 0 saturated carbocycles. The lowest BCUT2D eigenvalue weighted by Crippen LogP contribution is -2.45. The van der Waals surface area contributed by atoms with E-state index in [-0.39, 0.29) is 17.4 Å². The Balaban J connectivity index is 2.23. The van der Waals surface area contributed by atoms with Crippen molar-refractivity contribution in [3.05, 3.63) is 36.4 Å². The van der Waals surface area contributed by atoms with Crippen LogP contribution in [0.25, 0.3) is 0 Å². The minimum absolute atomic E-state index is 0.141. The molecular formula is C16H20N6O3. The number of nitrogens with one attached hydrogen (secondary N) is 1. The van der Waals surface area contributed by atoms with Gasteiger partial charge in [-0.1, -0.05) is 12.1 Å². The number of anilines is 2. The molecule has 0 aliphatic heterocycles. The van der Waals surface area contributed by atoms with Gasteiger partial charge < -0.3 is 26.6 Å². The molecule has 9 nitrogen and oxygen atoms in total. The van der Waals surface area contributed by atoms with Crippen LogP contribution in [-0.2, 0) is 4.79 Å². The molecule has 0 unspecified atom stereocenters. The van der Waals surface area contributed by atoms with Gasteiger partial charge in [-0.3, -0.25) is 0 Å². The van der Waals surface area contributed by atoms with Crippen LogP contribution in [0.5, 0.6) is 5.75 Å². The summed E-state index contributed by atoms with van der Waals surface area (Å²) in [6.45, 7) is 1.49. The number of azo groups is 1. The number of likely N-dealkylation sites (N-methyl/N-ethyl adjacent to an activating group) is 1. The Labute approximate surface area is 144 Å². The number of carbonyl (C=O) groups is 1. The van der Waals surface area contributed by atoms with Gasteiger partial charge in [-0.05, 0) is 38.2 Å². The largest absolute Gasteiger partial charge is 0.423 e. The van der Waals surface area contributed by atoms with E-state index in [0.29, 0.717) is 11.4 Å². The van der Waals surface area contributed by atoms with Gasteiger partial charge in [-0.15, -0.1) is 10.2 Å². The highest BCUT2D eigenvalue weighted by Crippen LogP contribution is 2.30. The highest BCUT2D eigenvalue weighted by atomic mass is 16.5. The number of aliphatic hydroxyl groups excluding tert-OH is 1. The fraction of sp³-hybridized carbons (Fsp3) is 0.250. The second kappa shape index (κ2) is 8.18. The van der Waals surface area contributed by atoms with Crippen LogP contribution in [0, 0.1) is 0 Å². The van der Waals surface area contributed by atoms with Gasteiger partial charge in [0.05, 0.1) is 6.10 Å². The lowest BCUT2D eigenvalue weighted by molar-refractivity contribution is -0.139. The predicted molar refractivity (Wildman–Crippen MR) is 93.8 cm³/mol. The van der Waals surface area contributed by atoms with Crippen LogP contribution in [0.15, 0.2) is 46.6 Å². The maximum atomic E-state index is 12.1. The van der Waals surface area contributed by atoms with Crippen molar-refractivity contribution < 1.29 is 14.6 Å². The first-order chi connectivity index (χ1) is 11.9. The molecule has 0 fully saturated rings. The van der Waals surface area contributed by atoms with E-state index in [1.165, 1.54) is 6.92 Å². The minimum atomic E-state index is -0.910. The normalized spacial score (nSPS) is 13.6. The Morgan fingerprint density at radius 2 is 1.88 bits per heavy atom. The molecule has 0 spiro atoms. The van der Waals surface area contributed by atoms with Crippen molar-refractivity contribution in [3.8, 4) is 5.75 Å². The Bertz CT molecular complexity index is 778. The van der Waals surface area contributed by atoms with Crippen LogP contribution in [0.2, 0.25) is 0 Å². The van der Waals surface area contributed by atoms with Gasteiger partial charge in [0.15, 0.2) is 11.6 Å². The summed E-state index contributed by atoms with van der Waals surface area (Å²) in [6.07, 6.45) is -0.910. The number of nitrogens with two attached hydrogens (primary N) is 2. The number of nitrogens with zero attached hydrogens (tertiary/aromatic N) is 3. The molecule has 0 amide bonds. The third-order valence-electron chi connectivity index (χ3n) is 3.31. The number of benzene rings is 1. The summed E-state index contributed by atoms with van der Waals surface area (Å²) in [5, 5.41) is 20.4. The maximum absolute atomic E-state index is 12.1. The average Bonchev–Trinajstić information content (AvgIpc) is 2.55. The molecule has 1 aromatic carbocycles. The number of carbonyl (C=O) groups excluding carboxylic acids is 1. The highest BCUT2D eigenvalue weighted by Gasteiger charge is 2.24. The molecule has 0 aliphatic carbocycles. The third-order valence-corrected chi connectivity index (χ3v) is 3.31. The van der Waals surface area contributed by atoms with Gasteiger partial charge in [-0.2, -0.15) is 0 Å². The van der Waals surface area contributed by atoms with Crippen molar-refractivity contribution in [1.29, 1.82) is 0 Å². The molecule has 0 radical (unpaired) electrons. The first-order valence-corrected chi connectivity index (χ1v) is 7.52. The second-order valence-corrected chi connectivity index (χ2v) is 5.24. The van der Waals surface area contributed by atoms with E-state index in [1.807, 2.05) is 0 Å². The lowest BCUT2D eigenvalue weighted by atomic mass is 10.2. The number of hydrogen-bond acceptors (Lipinski definition) is 9. The molecule has 132 valence electrons. The van der Waals surface area contributed by atoms with Gasteiger partial charge in [-0.25, -0.2) is 9.78 Å². The summed E-state index contributed by atoms with van der Waals surface area (Å²) in [4.78, 5) is 16.0. The second-order valence-electron chi connectivity index (χ2n) is 5.24. The van der Waals surface area contributed by atoms with E-state index in [2.05, 4.69) is 20.5 Å². The van der Waals surface area contributed by atoms with Gasteiger partial charge in [0.25, 0.3) is 0 Å². The molecule has 2 rings (SSSR count). The van der Waals surface area contributed by atoms with Crippen LogP contribution in [0.3, 0.4) is 0 Å². The average molecular weight is 344 g/mol. The molecule has 2 aromatic rings. The van der Waals surface area contributed by atoms with Gasteiger partial charge in [0, 0.05) is 0 Å². The number of aliphatic hydroxyl groups is 1. The molecule has 1 heterocycles.